The molecule has 0 radical (unpaired) electrons. The fourth-order valence-electron chi connectivity index (χ4n) is 9.49. The lowest BCUT2D eigenvalue weighted by Crippen LogP contribution is -2.62. The van der Waals surface area contributed by atoms with Crippen molar-refractivity contribution in [2.45, 2.75) is 103 Å². The van der Waals surface area contributed by atoms with Crippen molar-refractivity contribution in [3.8, 4) is 0 Å². The molecule has 36 heavy (non-hydrogen) atoms. The van der Waals surface area contributed by atoms with Crippen LogP contribution in [-0.4, -0.2) is 39.6 Å². The molecule has 4 aliphatic carbocycles. The van der Waals surface area contributed by atoms with Crippen molar-refractivity contribution < 1.29 is 24.9 Å². The number of rotatable bonds is 6. The van der Waals surface area contributed by atoms with Crippen molar-refractivity contribution in [2.24, 2.45) is 46.3 Å². The van der Waals surface area contributed by atoms with Crippen LogP contribution in [-0.2, 0) is 16.1 Å². The SMILES string of the molecule is C[C@H](CCC(=O)OCc1ccccc1)[C@H]1CCC2C3C(C[C@H](O)[C@@]21C)[C@@]1(C)CC[C@@H](O)C[C@H]1C[C@H]3O. The summed E-state index contributed by atoms with van der Waals surface area (Å²) < 4.78 is 5.51. The summed E-state index contributed by atoms with van der Waals surface area (Å²) in [6.45, 7) is 7.19. The monoisotopic (exact) mass is 498 g/mol. The molecule has 4 aliphatic rings. The number of benzene rings is 1. The van der Waals surface area contributed by atoms with E-state index in [0.29, 0.717) is 42.6 Å². The Balaban J connectivity index is 1.25. The highest BCUT2D eigenvalue weighted by Crippen LogP contribution is 2.68. The standard InChI is InChI=1S/C31H46O5/c1-19(9-12-28(35)36-18-20-7-5-4-6-8-20)23-10-11-24-29-25(17-27(34)31(23,24)3)30(2)14-13-22(32)15-21(30)16-26(29)33/h4-8,19,21-27,29,32-34H,9-18H2,1-3H3/t19-,21+,22-,23-,24?,25?,26-,27+,29?,30+,31-/m1/s1. The highest BCUT2D eigenvalue weighted by molar-refractivity contribution is 5.69. The van der Waals surface area contributed by atoms with Crippen LogP contribution in [0.3, 0.4) is 0 Å². The molecule has 3 N–H and O–H groups in total. The number of ether oxygens (including phenoxy) is 1. The molecule has 5 nitrogen and oxygen atoms in total. The second-order valence-electron chi connectivity index (χ2n) is 13.2. The molecule has 1 aromatic rings. The second-order valence-corrected chi connectivity index (χ2v) is 13.2. The Bertz CT molecular complexity index is 919. The lowest BCUT2D eigenvalue weighted by molar-refractivity contribution is -0.207. The molecule has 0 aromatic heterocycles. The van der Waals surface area contributed by atoms with E-state index in [4.69, 9.17) is 4.74 Å². The minimum absolute atomic E-state index is 0.0949. The molecule has 200 valence electrons. The number of aliphatic hydroxyl groups excluding tert-OH is 3. The predicted octanol–water partition coefficient (Wildman–Crippen LogP) is 5.11. The van der Waals surface area contributed by atoms with Gasteiger partial charge in [0.1, 0.15) is 6.61 Å². The van der Waals surface area contributed by atoms with Gasteiger partial charge in [0.05, 0.1) is 18.3 Å². The highest BCUT2D eigenvalue weighted by atomic mass is 16.5. The van der Waals surface area contributed by atoms with Crippen LogP contribution in [0, 0.1) is 46.3 Å². The predicted molar refractivity (Wildman–Crippen MR) is 139 cm³/mol. The van der Waals surface area contributed by atoms with Crippen LogP contribution in [0.5, 0.6) is 0 Å². The first-order chi connectivity index (χ1) is 17.1. The van der Waals surface area contributed by atoms with Crippen molar-refractivity contribution in [1.29, 1.82) is 0 Å². The summed E-state index contributed by atoms with van der Waals surface area (Å²) >= 11 is 0. The summed E-state index contributed by atoms with van der Waals surface area (Å²) in [5.41, 5.74) is 0.865. The molecule has 4 fully saturated rings. The summed E-state index contributed by atoms with van der Waals surface area (Å²) in [4.78, 5) is 12.5. The summed E-state index contributed by atoms with van der Waals surface area (Å²) in [6, 6.07) is 9.78. The van der Waals surface area contributed by atoms with E-state index in [0.717, 1.165) is 56.9 Å². The van der Waals surface area contributed by atoms with Crippen LogP contribution in [0.2, 0.25) is 0 Å². The van der Waals surface area contributed by atoms with Crippen molar-refractivity contribution in [2.75, 3.05) is 0 Å². The van der Waals surface area contributed by atoms with Gasteiger partial charge < -0.3 is 20.1 Å². The minimum atomic E-state index is -0.390. The average Bonchev–Trinajstić information content (AvgIpc) is 3.22. The Morgan fingerprint density at radius 3 is 2.53 bits per heavy atom. The van der Waals surface area contributed by atoms with Crippen molar-refractivity contribution in [1.82, 2.24) is 0 Å². The molecule has 1 aromatic carbocycles. The molecule has 0 aliphatic heterocycles. The number of aliphatic hydroxyl groups is 3. The molecule has 3 unspecified atom stereocenters. The highest BCUT2D eigenvalue weighted by Gasteiger charge is 2.65. The first-order valence-electron chi connectivity index (χ1n) is 14.4. The van der Waals surface area contributed by atoms with Crippen molar-refractivity contribution in [3.63, 3.8) is 0 Å². The van der Waals surface area contributed by atoms with Crippen LogP contribution in [0.1, 0.15) is 84.1 Å². The molecule has 5 heteroatoms. The van der Waals surface area contributed by atoms with E-state index in [1.54, 1.807) is 0 Å². The Labute approximate surface area is 216 Å². The van der Waals surface area contributed by atoms with Crippen LogP contribution in [0.15, 0.2) is 30.3 Å². The third kappa shape index (κ3) is 4.43. The number of esters is 1. The zero-order valence-electron chi connectivity index (χ0n) is 22.3. The third-order valence-corrected chi connectivity index (χ3v) is 11.6. The fourth-order valence-corrected chi connectivity index (χ4v) is 9.49. The normalized spacial score (nSPS) is 44.7. The summed E-state index contributed by atoms with van der Waals surface area (Å²) in [7, 11) is 0. The van der Waals surface area contributed by atoms with Gasteiger partial charge in [0.25, 0.3) is 0 Å². The van der Waals surface area contributed by atoms with Gasteiger partial charge in [-0.2, -0.15) is 0 Å². The largest absolute Gasteiger partial charge is 0.461 e. The molecule has 0 amide bonds. The van der Waals surface area contributed by atoms with Gasteiger partial charge in [-0.05, 0) is 103 Å². The van der Waals surface area contributed by atoms with Crippen LogP contribution < -0.4 is 0 Å². The van der Waals surface area contributed by atoms with Gasteiger partial charge in [0.2, 0.25) is 0 Å². The maximum Gasteiger partial charge on any atom is 0.306 e. The molecule has 0 bridgehead atoms. The fraction of sp³-hybridized carbons (Fsp3) is 0.774. The quantitative estimate of drug-likeness (QED) is 0.475. The first kappa shape index (κ1) is 26.2. The lowest BCUT2D eigenvalue weighted by Gasteiger charge is -2.63. The Hall–Kier alpha value is -1.43. The number of carbonyl (C=O) groups excluding carboxylic acids is 1. The molecular formula is C31H46O5. The number of carbonyl (C=O) groups is 1. The minimum Gasteiger partial charge on any atom is -0.461 e. The molecule has 4 saturated carbocycles. The third-order valence-electron chi connectivity index (χ3n) is 11.6. The lowest BCUT2D eigenvalue weighted by atomic mass is 9.43. The van der Waals surface area contributed by atoms with Gasteiger partial charge in [-0.15, -0.1) is 0 Å². The van der Waals surface area contributed by atoms with Crippen molar-refractivity contribution in [3.05, 3.63) is 35.9 Å². The summed E-state index contributed by atoms with van der Waals surface area (Å²) in [6.07, 6.45) is 6.42. The van der Waals surface area contributed by atoms with E-state index in [-0.39, 0.29) is 34.9 Å². The Morgan fingerprint density at radius 1 is 1.03 bits per heavy atom. The van der Waals surface area contributed by atoms with Gasteiger partial charge in [-0.3, -0.25) is 4.79 Å². The Morgan fingerprint density at radius 2 is 1.78 bits per heavy atom. The van der Waals surface area contributed by atoms with E-state index in [2.05, 4.69) is 20.8 Å². The number of fused-ring (bicyclic) bond motifs is 5. The molecule has 11 atom stereocenters. The molecule has 0 saturated heterocycles. The number of hydrogen-bond donors (Lipinski definition) is 3. The zero-order chi connectivity index (χ0) is 25.7. The second kappa shape index (κ2) is 10.0. The van der Waals surface area contributed by atoms with E-state index >= 15 is 0 Å². The van der Waals surface area contributed by atoms with Gasteiger partial charge in [0.15, 0.2) is 0 Å². The van der Waals surface area contributed by atoms with Crippen LogP contribution in [0.25, 0.3) is 0 Å². The van der Waals surface area contributed by atoms with E-state index in [1.807, 2.05) is 30.3 Å². The van der Waals surface area contributed by atoms with Crippen molar-refractivity contribution >= 4 is 5.97 Å². The average molecular weight is 499 g/mol. The smallest absolute Gasteiger partial charge is 0.306 e. The van der Waals surface area contributed by atoms with E-state index in [9.17, 15) is 20.1 Å². The van der Waals surface area contributed by atoms with Gasteiger partial charge in [-0.1, -0.05) is 51.1 Å². The number of hydrogen-bond acceptors (Lipinski definition) is 5. The summed E-state index contributed by atoms with van der Waals surface area (Å²) in [5.74, 6) is 1.68. The molecular weight excluding hydrogens is 452 g/mol. The van der Waals surface area contributed by atoms with E-state index < -0.39 is 6.10 Å². The molecule has 0 heterocycles. The van der Waals surface area contributed by atoms with Gasteiger partial charge in [-0.25, -0.2) is 0 Å². The molecule has 0 spiro atoms. The zero-order valence-corrected chi connectivity index (χ0v) is 22.3. The van der Waals surface area contributed by atoms with Crippen LogP contribution >= 0.6 is 0 Å². The topological polar surface area (TPSA) is 87.0 Å². The van der Waals surface area contributed by atoms with Gasteiger partial charge >= 0.3 is 5.97 Å². The summed E-state index contributed by atoms with van der Waals surface area (Å²) in [5, 5.41) is 33.4. The van der Waals surface area contributed by atoms with Gasteiger partial charge in [0, 0.05) is 6.42 Å². The van der Waals surface area contributed by atoms with E-state index in [1.165, 1.54) is 0 Å². The maximum atomic E-state index is 12.5. The van der Waals surface area contributed by atoms with Crippen LogP contribution in [0.4, 0.5) is 0 Å². The molecule has 5 rings (SSSR count). The Kier molecular flexibility index (Phi) is 7.30. The maximum absolute atomic E-state index is 12.5. The first-order valence-corrected chi connectivity index (χ1v) is 14.4.